The van der Waals surface area contributed by atoms with Gasteiger partial charge in [0.15, 0.2) is 0 Å². The van der Waals surface area contributed by atoms with Crippen molar-refractivity contribution in [3.8, 4) is 5.75 Å². The molecule has 1 aromatic rings. The highest BCUT2D eigenvalue weighted by Crippen LogP contribution is 2.19. The summed E-state index contributed by atoms with van der Waals surface area (Å²) in [5.41, 5.74) is 6.54. The van der Waals surface area contributed by atoms with Gasteiger partial charge in [0.25, 0.3) is 0 Å². The molecule has 0 saturated heterocycles. The molecule has 1 rings (SSSR count). The second-order valence-electron chi connectivity index (χ2n) is 4.95. The zero-order valence-electron chi connectivity index (χ0n) is 11.8. The maximum atomic E-state index is 12.0. The van der Waals surface area contributed by atoms with Crippen LogP contribution in [0.15, 0.2) is 24.3 Å². The summed E-state index contributed by atoms with van der Waals surface area (Å²) in [5, 5.41) is 2.78. The number of carbonyl (C=O) groups is 1. The number of halogens is 2. The van der Waals surface area contributed by atoms with E-state index in [0.717, 1.165) is 5.56 Å². The average Bonchev–Trinajstić information content (AvgIpc) is 2.37. The number of hydrogen-bond donors (Lipinski definition) is 2. The van der Waals surface area contributed by atoms with E-state index in [9.17, 15) is 13.6 Å². The number of ether oxygens (including phenoxy) is 1. The van der Waals surface area contributed by atoms with Gasteiger partial charge in [-0.25, -0.2) is 0 Å². The zero-order chi connectivity index (χ0) is 15.3. The highest BCUT2D eigenvalue weighted by molar-refractivity contribution is 5.82. The van der Waals surface area contributed by atoms with Crippen molar-refractivity contribution in [3.05, 3.63) is 29.8 Å². The van der Waals surface area contributed by atoms with Crippen molar-refractivity contribution >= 4 is 5.91 Å². The quantitative estimate of drug-likeness (QED) is 0.844. The molecule has 20 heavy (non-hydrogen) atoms. The second-order valence-corrected chi connectivity index (χ2v) is 4.95. The van der Waals surface area contributed by atoms with Crippen LogP contribution in [0, 0.1) is 5.92 Å². The van der Waals surface area contributed by atoms with Crippen LogP contribution in [-0.4, -0.2) is 18.6 Å². The number of rotatable bonds is 6. The summed E-state index contributed by atoms with van der Waals surface area (Å²) in [5.74, 6) is -0.106. The van der Waals surface area contributed by atoms with E-state index in [0.29, 0.717) is 0 Å². The van der Waals surface area contributed by atoms with Gasteiger partial charge in [-0.05, 0) is 30.5 Å². The Hall–Kier alpha value is -1.69. The fraction of sp³-hybridized carbons (Fsp3) is 0.500. The summed E-state index contributed by atoms with van der Waals surface area (Å²) in [4.78, 5) is 11.8. The molecule has 0 bridgehead atoms. The Morgan fingerprint density at radius 2 is 1.75 bits per heavy atom. The first kappa shape index (κ1) is 16.4. The monoisotopic (exact) mass is 286 g/mol. The molecule has 0 radical (unpaired) electrons. The highest BCUT2D eigenvalue weighted by atomic mass is 19.3. The molecule has 0 aliphatic carbocycles. The minimum atomic E-state index is -2.85. The van der Waals surface area contributed by atoms with Crippen molar-refractivity contribution in [1.29, 1.82) is 0 Å². The van der Waals surface area contributed by atoms with Crippen LogP contribution in [0.4, 0.5) is 8.78 Å². The van der Waals surface area contributed by atoms with Crippen LogP contribution in [0.2, 0.25) is 0 Å². The molecule has 1 amide bonds. The third-order valence-electron chi connectivity index (χ3n) is 2.99. The molecular formula is C14H20F2N2O2. The van der Waals surface area contributed by atoms with Gasteiger partial charge in [0.2, 0.25) is 5.91 Å². The van der Waals surface area contributed by atoms with Gasteiger partial charge in [-0.15, -0.1) is 0 Å². The molecule has 1 unspecified atom stereocenters. The molecule has 4 nitrogen and oxygen atoms in total. The Morgan fingerprint density at radius 3 is 2.20 bits per heavy atom. The maximum Gasteiger partial charge on any atom is 0.387 e. The SMILES string of the molecule is CC(NC(=O)[C@@H](N)C(C)C)c1ccc(OC(F)F)cc1. The first-order valence-electron chi connectivity index (χ1n) is 6.42. The lowest BCUT2D eigenvalue weighted by Gasteiger charge is -2.20. The van der Waals surface area contributed by atoms with Crippen molar-refractivity contribution in [1.82, 2.24) is 5.32 Å². The molecule has 0 spiro atoms. The van der Waals surface area contributed by atoms with Crippen LogP contribution in [-0.2, 0) is 4.79 Å². The van der Waals surface area contributed by atoms with Gasteiger partial charge in [0.1, 0.15) is 5.75 Å². The minimum Gasteiger partial charge on any atom is -0.435 e. The molecule has 0 fully saturated rings. The van der Waals surface area contributed by atoms with Crippen LogP contribution < -0.4 is 15.8 Å². The van der Waals surface area contributed by atoms with Gasteiger partial charge in [0.05, 0.1) is 12.1 Å². The van der Waals surface area contributed by atoms with E-state index in [1.54, 1.807) is 19.1 Å². The Balaban J connectivity index is 2.63. The lowest BCUT2D eigenvalue weighted by Crippen LogP contribution is -2.44. The van der Waals surface area contributed by atoms with Crippen LogP contribution in [0.3, 0.4) is 0 Å². The molecule has 112 valence electrons. The molecule has 0 aromatic heterocycles. The Bertz CT molecular complexity index is 435. The van der Waals surface area contributed by atoms with Crippen LogP contribution >= 0.6 is 0 Å². The van der Waals surface area contributed by atoms with Gasteiger partial charge in [-0.2, -0.15) is 8.78 Å². The van der Waals surface area contributed by atoms with Gasteiger partial charge in [-0.1, -0.05) is 26.0 Å². The fourth-order valence-corrected chi connectivity index (χ4v) is 1.63. The van der Waals surface area contributed by atoms with E-state index >= 15 is 0 Å². The average molecular weight is 286 g/mol. The fourth-order valence-electron chi connectivity index (χ4n) is 1.63. The third kappa shape index (κ3) is 4.77. The van der Waals surface area contributed by atoms with Crippen LogP contribution in [0.25, 0.3) is 0 Å². The predicted octanol–water partition coefficient (Wildman–Crippen LogP) is 2.45. The van der Waals surface area contributed by atoms with E-state index in [1.807, 2.05) is 13.8 Å². The molecule has 3 N–H and O–H groups in total. The standard InChI is InChI=1S/C14H20F2N2O2/c1-8(2)12(17)13(19)18-9(3)10-4-6-11(7-5-10)20-14(15)16/h4-9,12,14H,17H2,1-3H3,(H,18,19)/t9?,12-/m0/s1. The molecule has 0 heterocycles. The van der Waals surface area contributed by atoms with Crippen molar-refractivity contribution in [2.45, 2.75) is 39.5 Å². The zero-order valence-corrected chi connectivity index (χ0v) is 11.8. The first-order valence-corrected chi connectivity index (χ1v) is 6.42. The van der Waals surface area contributed by atoms with Crippen LogP contribution in [0.5, 0.6) is 5.75 Å². The summed E-state index contributed by atoms with van der Waals surface area (Å²) in [6.07, 6.45) is 0. The largest absolute Gasteiger partial charge is 0.435 e. The molecule has 6 heteroatoms. The van der Waals surface area contributed by atoms with Crippen molar-refractivity contribution < 1.29 is 18.3 Å². The van der Waals surface area contributed by atoms with Crippen molar-refractivity contribution in [2.24, 2.45) is 11.7 Å². The van der Waals surface area contributed by atoms with Gasteiger partial charge in [-0.3, -0.25) is 4.79 Å². The number of alkyl halides is 2. The van der Waals surface area contributed by atoms with Crippen LogP contribution in [0.1, 0.15) is 32.4 Å². The normalized spacial score (nSPS) is 14.2. The molecular weight excluding hydrogens is 266 g/mol. The summed E-state index contributed by atoms with van der Waals surface area (Å²) >= 11 is 0. The number of amides is 1. The van der Waals surface area contributed by atoms with Gasteiger partial charge in [0, 0.05) is 0 Å². The Morgan fingerprint density at radius 1 is 1.20 bits per heavy atom. The smallest absolute Gasteiger partial charge is 0.387 e. The second kappa shape index (κ2) is 7.19. The van der Waals surface area contributed by atoms with E-state index < -0.39 is 12.7 Å². The van der Waals surface area contributed by atoms with Gasteiger partial charge >= 0.3 is 6.61 Å². The minimum absolute atomic E-state index is 0.0454. The molecule has 0 saturated carbocycles. The molecule has 2 atom stereocenters. The number of benzene rings is 1. The topological polar surface area (TPSA) is 64.4 Å². The number of carbonyl (C=O) groups excluding carboxylic acids is 1. The Kier molecular flexibility index (Phi) is 5.88. The van der Waals surface area contributed by atoms with Crippen molar-refractivity contribution in [3.63, 3.8) is 0 Å². The van der Waals surface area contributed by atoms with E-state index in [-0.39, 0.29) is 23.6 Å². The van der Waals surface area contributed by atoms with Gasteiger partial charge < -0.3 is 15.8 Å². The van der Waals surface area contributed by atoms with E-state index in [1.165, 1.54) is 12.1 Å². The lowest BCUT2D eigenvalue weighted by molar-refractivity contribution is -0.123. The summed E-state index contributed by atoms with van der Waals surface area (Å²) in [6.45, 7) is 2.69. The molecule has 0 aliphatic heterocycles. The lowest BCUT2D eigenvalue weighted by atomic mass is 10.0. The molecule has 0 aliphatic rings. The third-order valence-corrected chi connectivity index (χ3v) is 2.99. The van der Waals surface area contributed by atoms with E-state index in [2.05, 4.69) is 10.1 Å². The summed E-state index contributed by atoms with van der Waals surface area (Å²) in [6, 6.07) is 5.30. The first-order chi connectivity index (χ1) is 9.31. The number of nitrogens with one attached hydrogen (secondary N) is 1. The van der Waals surface area contributed by atoms with E-state index in [4.69, 9.17) is 5.73 Å². The summed E-state index contributed by atoms with van der Waals surface area (Å²) < 4.78 is 28.3. The predicted molar refractivity (Wildman–Crippen MR) is 72.4 cm³/mol. The summed E-state index contributed by atoms with van der Waals surface area (Å²) in [7, 11) is 0. The number of nitrogens with two attached hydrogens (primary N) is 1. The Labute approximate surface area is 117 Å². The number of hydrogen-bond acceptors (Lipinski definition) is 3. The molecule has 1 aromatic carbocycles. The highest BCUT2D eigenvalue weighted by Gasteiger charge is 2.19. The van der Waals surface area contributed by atoms with Crippen molar-refractivity contribution in [2.75, 3.05) is 0 Å². The maximum absolute atomic E-state index is 12.0.